The largest absolute Gasteiger partial charge is 0.372 e. The molecule has 0 radical (unpaired) electrons. The Morgan fingerprint density at radius 3 is 2.86 bits per heavy atom. The molecule has 7 heteroatoms. The third-order valence-corrected chi connectivity index (χ3v) is 4.31. The normalized spacial score (nSPS) is 11.4. The van der Waals surface area contributed by atoms with Gasteiger partial charge in [-0.25, -0.2) is 15.0 Å². The van der Waals surface area contributed by atoms with Crippen molar-refractivity contribution in [1.29, 1.82) is 0 Å². The fourth-order valence-electron chi connectivity index (χ4n) is 2.62. The Morgan fingerprint density at radius 1 is 1.29 bits per heavy atom. The summed E-state index contributed by atoms with van der Waals surface area (Å²) in [4.78, 5) is 26.4. The first-order valence-corrected chi connectivity index (χ1v) is 8.88. The molecule has 1 atom stereocenters. The van der Waals surface area contributed by atoms with Gasteiger partial charge in [0.25, 0.3) is 5.91 Å². The van der Waals surface area contributed by atoms with Gasteiger partial charge in [-0.1, -0.05) is 24.0 Å². The average molecular weight is 375 g/mol. The van der Waals surface area contributed by atoms with Crippen molar-refractivity contribution in [2.75, 3.05) is 26.0 Å². The molecular weight excluding hydrogens is 354 g/mol. The van der Waals surface area contributed by atoms with Crippen LogP contribution < -0.4 is 5.32 Å². The van der Waals surface area contributed by atoms with Gasteiger partial charge >= 0.3 is 0 Å². The minimum absolute atomic E-state index is 0.415. The topological polar surface area (TPSA) is 91.2 Å². The highest BCUT2D eigenvalue weighted by atomic mass is 16.3. The number of hydrogen-bond acceptors (Lipinski definition) is 6. The monoisotopic (exact) mass is 375 g/mol. The van der Waals surface area contributed by atoms with Crippen LogP contribution in [0.25, 0.3) is 22.3 Å². The van der Waals surface area contributed by atoms with Crippen molar-refractivity contribution in [3.63, 3.8) is 0 Å². The lowest BCUT2D eigenvalue weighted by molar-refractivity contribution is -0.135. The quantitative estimate of drug-likeness (QED) is 0.677. The van der Waals surface area contributed by atoms with Crippen LogP contribution in [0.1, 0.15) is 12.5 Å². The molecule has 3 aromatic rings. The number of carbonyl (C=O) groups is 1. The van der Waals surface area contributed by atoms with Gasteiger partial charge in [0.05, 0.1) is 11.2 Å². The molecule has 2 aromatic heterocycles. The van der Waals surface area contributed by atoms with Gasteiger partial charge in [-0.05, 0) is 31.2 Å². The molecule has 2 N–H and O–H groups in total. The standard InChI is InChI=1S/C21H21N5O2/c1-4-26(3)21(28)18(27)11-8-14-6-5-7-15(12-14)16-9-10-17-19(25-16)20(22-2)24-13-23-17/h5-7,9-10,12-13,18,27H,4H2,1-3H3,(H,22,23,24)/t18-/m1/s1. The van der Waals surface area contributed by atoms with Crippen LogP contribution in [-0.2, 0) is 4.79 Å². The first-order chi connectivity index (χ1) is 13.5. The summed E-state index contributed by atoms with van der Waals surface area (Å²) in [5, 5.41) is 13.0. The number of aliphatic hydroxyl groups excluding tert-OH is 1. The molecule has 0 fully saturated rings. The molecule has 2 heterocycles. The maximum atomic E-state index is 11.9. The Kier molecular flexibility index (Phi) is 5.82. The summed E-state index contributed by atoms with van der Waals surface area (Å²) in [6.45, 7) is 2.35. The lowest BCUT2D eigenvalue weighted by Gasteiger charge is -2.15. The fraction of sp³-hybridized carbons (Fsp3) is 0.238. The van der Waals surface area contributed by atoms with Gasteiger partial charge in [0, 0.05) is 31.8 Å². The third-order valence-electron chi connectivity index (χ3n) is 4.31. The van der Waals surface area contributed by atoms with Crippen molar-refractivity contribution in [1.82, 2.24) is 19.9 Å². The van der Waals surface area contributed by atoms with Gasteiger partial charge in [-0.3, -0.25) is 4.79 Å². The molecule has 0 spiro atoms. The van der Waals surface area contributed by atoms with E-state index in [1.54, 1.807) is 14.1 Å². The van der Waals surface area contributed by atoms with Crippen LogP contribution in [0.3, 0.4) is 0 Å². The highest BCUT2D eigenvalue weighted by Crippen LogP contribution is 2.23. The zero-order chi connectivity index (χ0) is 20.1. The van der Waals surface area contributed by atoms with E-state index >= 15 is 0 Å². The Labute approximate surface area is 163 Å². The second-order valence-electron chi connectivity index (χ2n) is 6.14. The van der Waals surface area contributed by atoms with Crippen LogP contribution >= 0.6 is 0 Å². The Hall–Kier alpha value is -3.50. The molecule has 0 unspecified atom stereocenters. The van der Waals surface area contributed by atoms with E-state index in [1.165, 1.54) is 11.2 Å². The number of nitrogens with one attached hydrogen (secondary N) is 1. The van der Waals surface area contributed by atoms with E-state index in [1.807, 2.05) is 43.3 Å². The van der Waals surface area contributed by atoms with E-state index in [0.29, 0.717) is 23.4 Å². The predicted octanol–water partition coefficient (Wildman–Crippen LogP) is 1.92. The van der Waals surface area contributed by atoms with Crippen LogP contribution in [0.2, 0.25) is 0 Å². The molecule has 0 aliphatic carbocycles. The first kappa shape index (κ1) is 19.3. The molecule has 0 bridgehead atoms. The second kappa shape index (κ2) is 8.46. The van der Waals surface area contributed by atoms with E-state index in [0.717, 1.165) is 16.8 Å². The molecule has 0 saturated heterocycles. The number of aromatic nitrogens is 3. The molecule has 1 aromatic carbocycles. The van der Waals surface area contributed by atoms with E-state index in [2.05, 4.69) is 32.1 Å². The number of likely N-dealkylation sites (N-methyl/N-ethyl adjacent to an activating group) is 1. The van der Waals surface area contributed by atoms with Gasteiger partial charge in [-0.15, -0.1) is 0 Å². The molecule has 7 nitrogen and oxygen atoms in total. The maximum Gasteiger partial charge on any atom is 0.263 e. The molecule has 28 heavy (non-hydrogen) atoms. The highest BCUT2D eigenvalue weighted by Gasteiger charge is 2.15. The zero-order valence-electron chi connectivity index (χ0n) is 16.0. The Morgan fingerprint density at radius 2 is 2.11 bits per heavy atom. The number of benzene rings is 1. The van der Waals surface area contributed by atoms with Crippen molar-refractivity contribution in [3.8, 4) is 23.1 Å². The van der Waals surface area contributed by atoms with Crippen LogP contribution in [0, 0.1) is 11.8 Å². The van der Waals surface area contributed by atoms with Gasteiger partial charge in [-0.2, -0.15) is 0 Å². The van der Waals surface area contributed by atoms with Gasteiger partial charge in [0.2, 0.25) is 0 Å². The first-order valence-electron chi connectivity index (χ1n) is 8.88. The number of carbonyl (C=O) groups excluding carboxylic acids is 1. The molecule has 0 aliphatic heterocycles. The summed E-state index contributed by atoms with van der Waals surface area (Å²) in [5.74, 6) is 5.71. The predicted molar refractivity (Wildman–Crippen MR) is 109 cm³/mol. The summed E-state index contributed by atoms with van der Waals surface area (Å²) in [7, 11) is 3.41. The van der Waals surface area contributed by atoms with E-state index in [9.17, 15) is 9.90 Å². The summed E-state index contributed by atoms with van der Waals surface area (Å²) >= 11 is 0. The fourth-order valence-corrected chi connectivity index (χ4v) is 2.62. The number of anilines is 1. The summed E-state index contributed by atoms with van der Waals surface area (Å²) in [6, 6.07) is 11.2. The summed E-state index contributed by atoms with van der Waals surface area (Å²) in [5.41, 5.74) is 3.74. The number of nitrogens with zero attached hydrogens (tertiary/aromatic N) is 4. The van der Waals surface area contributed by atoms with Crippen molar-refractivity contribution in [2.24, 2.45) is 0 Å². The second-order valence-corrected chi connectivity index (χ2v) is 6.14. The van der Waals surface area contributed by atoms with E-state index in [4.69, 9.17) is 0 Å². The molecule has 3 rings (SSSR count). The Balaban J connectivity index is 1.91. The van der Waals surface area contributed by atoms with Gasteiger partial charge in [0.1, 0.15) is 11.8 Å². The maximum absolute atomic E-state index is 11.9. The van der Waals surface area contributed by atoms with Crippen molar-refractivity contribution in [3.05, 3.63) is 48.3 Å². The average Bonchev–Trinajstić information content (AvgIpc) is 2.75. The third kappa shape index (κ3) is 4.08. The number of rotatable bonds is 4. The summed E-state index contributed by atoms with van der Waals surface area (Å²) in [6.07, 6.45) is 0.150. The van der Waals surface area contributed by atoms with Crippen LogP contribution in [0.5, 0.6) is 0 Å². The minimum atomic E-state index is -1.34. The zero-order valence-corrected chi connectivity index (χ0v) is 16.0. The van der Waals surface area contributed by atoms with Crippen molar-refractivity contribution in [2.45, 2.75) is 13.0 Å². The highest BCUT2D eigenvalue weighted by molar-refractivity contribution is 5.87. The number of pyridine rings is 1. The van der Waals surface area contributed by atoms with Gasteiger partial charge in [0.15, 0.2) is 11.9 Å². The lowest BCUT2D eigenvalue weighted by atomic mass is 10.1. The number of aliphatic hydroxyl groups is 1. The lowest BCUT2D eigenvalue weighted by Crippen LogP contribution is -2.35. The number of amides is 1. The van der Waals surface area contributed by atoms with E-state index in [-0.39, 0.29) is 0 Å². The molecular formula is C21H21N5O2. The van der Waals surface area contributed by atoms with Crippen molar-refractivity contribution < 1.29 is 9.90 Å². The van der Waals surface area contributed by atoms with Crippen LogP contribution in [0.15, 0.2) is 42.7 Å². The number of hydrogen-bond donors (Lipinski definition) is 2. The van der Waals surface area contributed by atoms with E-state index < -0.39 is 12.0 Å². The van der Waals surface area contributed by atoms with Crippen LogP contribution in [0.4, 0.5) is 5.82 Å². The van der Waals surface area contributed by atoms with Crippen molar-refractivity contribution >= 4 is 22.8 Å². The summed E-state index contributed by atoms with van der Waals surface area (Å²) < 4.78 is 0. The van der Waals surface area contributed by atoms with Gasteiger partial charge < -0.3 is 15.3 Å². The minimum Gasteiger partial charge on any atom is -0.372 e. The smallest absolute Gasteiger partial charge is 0.263 e. The SMILES string of the molecule is CCN(C)C(=O)[C@H](O)C#Cc1cccc(-c2ccc3ncnc(NC)c3n2)c1. The molecule has 1 amide bonds. The van der Waals surface area contributed by atoms with Crippen LogP contribution in [-0.4, -0.2) is 57.6 Å². The molecule has 0 aliphatic rings. The Bertz CT molecular complexity index is 1070. The molecule has 142 valence electrons. The molecule has 0 saturated carbocycles. The number of fused-ring (bicyclic) bond motifs is 1.